The molecule has 1 atom stereocenters. The molecule has 1 N–H and O–H groups in total. The minimum atomic E-state index is -0.318. The Bertz CT molecular complexity index is 355. The number of rotatable bonds is 6. The SMILES string of the molecule is CCCNC(Cc1ncc(Cl)cc1F)C(C)C. The number of hydrogen-bond acceptors (Lipinski definition) is 2. The average molecular weight is 259 g/mol. The van der Waals surface area contributed by atoms with Gasteiger partial charge in [-0.3, -0.25) is 4.98 Å². The van der Waals surface area contributed by atoms with Crippen LogP contribution in [0.1, 0.15) is 32.9 Å². The lowest BCUT2D eigenvalue weighted by Gasteiger charge is -2.22. The van der Waals surface area contributed by atoms with Gasteiger partial charge < -0.3 is 5.32 Å². The first kappa shape index (κ1) is 14.4. The van der Waals surface area contributed by atoms with Crippen molar-refractivity contribution in [2.45, 2.75) is 39.7 Å². The fourth-order valence-corrected chi connectivity index (χ4v) is 1.82. The van der Waals surface area contributed by atoms with Gasteiger partial charge in [0.1, 0.15) is 5.82 Å². The Morgan fingerprint density at radius 2 is 2.18 bits per heavy atom. The molecule has 1 aromatic heterocycles. The maximum atomic E-state index is 13.6. The van der Waals surface area contributed by atoms with E-state index < -0.39 is 0 Å². The van der Waals surface area contributed by atoms with E-state index in [1.54, 1.807) is 0 Å². The summed E-state index contributed by atoms with van der Waals surface area (Å²) in [6, 6.07) is 1.57. The fourth-order valence-electron chi connectivity index (χ4n) is 1.67. The topological polar surface area (TPSA) is 24.9 Å². The molecule has 0 saturated heterocycles. The standard InChI is InChI=1S/C13H20ClFN2/c1-4-5-16-12(9(2)3)7-13-11(15)6-10(14)8-17-13/h6,8-9,12,16H,4-5,7H2,1-3H3. The molecule has 0 aromatic carbocycles. The summed E-state index contributed by atoms with van der Waals surface area (Å²) < 4.78 is 13.6. The highest BCUT2D eigenvalue weighted by atomic mass is 35.5. The molecule has 0 radical (unpaired) electrons. The number of pyridine rings is 1. The van der Waals surface area contributed by atoms with Gasteiger partial charge >= 0.3 is 0 Å². The number of aromatic nitrogens is 1. The van der Waals surface area contributed by atoms with Crippen LogP contribution < -0.4 is 5.32 Å². The van der Waals surface area contributed by atoms with Crippen molar-refractivity contribution in [3.8, 4) is 0 Å². The van der Waals surface area contributed by atoms with Crippen molar-refractivity contribution in [2.75, 3.05) is 6.54 Å². The van der Waals surface area contributed by atoms with Gasteiger partial charge in [0.25, 0.3) is 0 Å². The van der Waals surface area contributed by atoms with Gasteiger partial charge in [0.05, 0.1) is 10.7 Å². The van der Waals surface area contributed by atoms with Crippen molar-refractivity contribution in [1.82, 2.24) is 10.3 Å². The largest absolute Gasteiger partial charge is 0.313 e. The van der Waals surface area contributed by atoms with Crippen LogP contribution in [-0.4, -0.2) is 17.6 Å². The van der Waals surface area contributed by atoms with Crippen molar-refractivity contribution in [3.63, 3.8) is 0 Å². The lowest BCUT2D eigenvalue weighted by Crippen LogP contribution is -2.36. The summed E-state index contributed by atoms with van der Waals surface area (Å²) in [5.74, 6) is 0.125. The predicted octanol–water partition coefficient (Wildman–Crippen LogP) is 3.44. The van der Waals surface area contributed by atoms with Crippen LogP contribution in [0.15, 0.2) is 12.3 Å². The van der Waals surface area contributed by atoms with Gasteiger partial charge in [-0.25, -0.2) is 4.39 Å². The molecule has 17 heavy (non-hydrogen) atoms. The van der Waals surface area contributed by atoms with Crippen LogP contribution >= 0.6 is 11.6 Å². The minimum absolute atomic E-state index is 0.248. The van der Waals surface area contributed by atoms with Crippen molar-refractivity contribution >= 4 is 11.6 Å². The van der Waals surface area contributed by atoms with Gasteiger partial charge in [-0.2, -0.15) is 0 Å². The second-order valence-corrected chi connectivity index (χ2v) is 5.03. The molecular weight excluding hydrogens is 239 g/mol. The first-order valence-corrected chi connectivity index (χ1v) is 6.45. The van der Waals surface area contributed by atoms with E-state index in [-0.39, 0.29) is 11.9 Å². The monoisotopic (exact) mass is 258 g/mol. The molecule has 1 rings (SSSR count). The van der Waals surface area contributed by atoms with Crippen LogP contribution in [0.4, 0.5) is 4.39 Å². The van der Waals surface area contributed by atoms with Gasteiger partial charge in [0.15, 0.2) is 0 Å². The van der Waals surface area contributed by atoms with Crippen LogP contribution in [0, 0.1) is 11.7 Å². The first-order chi connectivity index (χ1) is 8.04. The van der Waals surface area contributed by atoms with Crippen molar-refractivity contribution in [2.24, 2.45) is 5.92 Å². The molecule has 0 aliphatic rings. The molecule has 4 heteroatoms. The second-order valence-electron chi connectivity index (χ2n) is 4.59. The highest BCUT2D eigenvalue weighted by molar-refractivity contribution is 6.30. The Kier molecular flexibility index (Phi) is 5.86. The quantitative estimate of drug-likeness (QED) is 0.846. The van der Waals surface area contributed by atoms with E-state index in [2.05, 4.69) is 31.1 Å². The van der Waals surface area contributed by atoms with E-state index in [9.17, 15) is 4.39 Å². The van der Waals surface area contributed by atoms with Crippen molar-refractivity contribution in [1.29, 1.82) is 0 Å². The lowest BCUT2D eigenvalue weighted by atomic mass is 9.98. The van der Waals surface area contributed by atoms with Crippen LogP contribution in [0.5, 0.6) is 0 Å². The predicted molar refractivity (Wildman–Crippen MR) is 69.8 cm³/mol. The second kappa shape index (κ2) is 6.92. The number of nitrogens with one attached hydrogen (secondary N) is 1. The van der Waals surface area contributed by atoms with Gasteiger partial charge in [0, 0.05) is 18.7 Å². The molecule has 0 saturated carbocycles. The van der Waals surface area contributed by atoms with Crippen LogP contribution in [0.2, 0.25) is 5.02 Å². The molecule has 0 spiro atoms. The van der Waals surface area contributed by atoms with E-state index in [4.69, 9.17) is 11.6 Å². The average Bonchev–Trinajstić information content (AvgIpc) is 2.26. The van der Waals surface area contributed by atoms with E-state index in [0.717, 1.165) is 13.0 Å². The summed E-state index contributed by atoms with van der Waals surface area (Å²) in [6.45, 7) is 7.31. The normalized spacial score (nSPS) is 13.1. The fraction of sp³-hybridized carbons (Fsp3) is 0.615. The Hall–Kier alpha value is -0.670. The molecule has 96 valence electrons. The van der Waals surface area contributed by atoms with Crippen LogP contribution in [0.3, 0.4) is 0 Å². The third kappa shape index (κ3) is 4.60. The molecule has 0 fully saturated rings. The number of hydrogen-bond donors (Lipinski definition) is 1. The zero-order valence-corrected chi connectivity index (χ0v) is 11.4. The molecule has 1 heterocycles. The molecular formula is C13H20ClFN2. The molecule has 2 nitrogen and oxygen atoms in total. The van der Waals surface area contributed by atoms with Gasteiger partial charge in [0.2, 0.25) is 0 Å². The molecule has 1 unspecified atom stereocenters. The highest BCUT2D eigenvalue weighted by Crippen LogP contribution is 2.15. The van der Waals surface area contributed by atoms with Crippen LogP contribution in [0.25, 0.3) is 0 Å². The van der Waals surface area contributed by atoms with E-state index >= 15 is 0 Å². The smallest absolute Gasteiger partial charge is 0.146 e. The zero-order chi connectivity index (χ0) is 12.8. The minimum Gasteiger partial charge on any atom is -0.313 e. The lowest BCUT2D eigenvalue weighted by molar-refractivity contribution is 0.389. The van der Waals surface area contributed by atoms with Crippen molar-refractivity contribution < 1.29 is 4.39 Å². The summed E-state index contributed by atoms with van der Waals surface area (Å²) in [7, 11) is 0. The molecule has 0 aliphatic heterocycles. The highest BCUT2D eigenvalue weighted by Gasteiger charge is 2.16. The Morgan fingerprint density at radius 3 is 2.71 bits per heavy atom. The summed E-state index contributed by atoms with van der Waals surface area (Å²) in [5, 5.41) is 3.76. The van der Waals surface area contributed by atoms with E-state index in [1.807, 2.05) is 0 Å². The third-order valence-corrected chi connectivity index (χ3v) is 2.97. The molecule has 0 amide bonds. The number of nitrogens with zero attached hydrogens (tertiary/aromatic N) is 1. The Balaban J connectivity index is 2.71. The summed E-state index contributed by atoms with van der Waals surface area (Å²) in [5.41, 5.74) is 0.483. The van der Waals surface area contributed by atoms with Gasteiger partial charge in [-0.05, 0) is 24.9 Å². The van der Waals surface area contributed by atoms with E-state index in [1.165, 1.54) is 12.3 Å². The Labute approximate surface area is 108 Å². The Morgan fingerprint density at radius 1 is 1.47 bits per heavy atom. The molecule has 1 aromatic rings. The molecule has 0 bridgehead atoms. The third-order valence-electron chi connectivity index (χ3n) is 2.76. The number of halogens is 2. The first-order valence-electron chi connectivity index (χ1n) is 6.07. The van der Waals surface area contributed by atoms with Gasteiger partial charge in [-0.15, -0.1) is 0 Å². The maximum absolute atomic E-state index is 13.6. The van der Waals surface area contributed by atoms with Gasteiger partial charge in [-0.1, -0.05) is 32.4 Å². The van der Waals surface area contributed by atoms with Crippen molar-refractivity contribution in [3.05, 3.63) is 28.8 Å². The van der Waals surface area contributed by atoms with Crippen LogP contribution in [-0.2, 0) is 6.42 Å². The van der Waals surface area contributed by atoms with E-state index in [0.29, 0.717) is 23.1 Å². The summed E-state index contributed by atoms with van der Waals surface area (Å²) in [4.78, 5) is 4.06. The molecule has 0 aliphatic carbocycles. The summed E-state index contributed by atoms with van der Waals surface area (Å²) in [6.07, 6.45) is 3.16. The maximum Gasteiger partial charge on any atom is 0.146 e. The zero-order valence-electron chi connectivity index (χ0n) is 10.6. The summed E-state index contributed by atoms with van der Waals surface area (Å²) >= 11 is 5.68.